The fraction of sp³-hybridized carbons (Fsp3) is 0.471. The van der Waals surface area contributed by atoms with Crippen LogP contribution in [0.3, 0.4) is 0 Å². The molecule has 1 aliphatic carbocycles. The first-order valence-corrected chi connectivity index (χ1v) is 9.44. The Bertz CT molecular complexity index is 759. The van der Waals surface area contributed by atoms with Crippen molar-refractivity contribution in [3.8, 4) is 0 Å². The standard InChI is InChI=1S/C17H21N5O2S/c23-15(11-25-16-6-3-7-20-21-16)18-8-9-22-12-19-14(10-17(22)24)13-4-1-2-5-13/h3,6-7,10,12-13H,1-2,4-5,8-9,11H2,(H,18,23). The van der Waals surface area contributed by atoms with Crippen molar-refractivity contribution >= 4 is 17.7 Å². The molecule has 132 valence electrons. The van der Waals surface area contributed by atoms with Crippen molar-refractivity contribution in [3.63, 3.8) is 0 Å². The van der Waals surface area contributed by atoms with Crippen LogP contribution >= 0.6 is 11.8 Å². The molecule has 2 aromatic heterocycles. The molecule has 0 aromatic carbocycles. The Labute approximate surface area is 150 Å². The summed E-state index contributed by atoms with van der Waals surface area (Å²) in [5.74, 6) is 0.603. The Balaban J connectivity index is 1.43. The van der Waals surface area contributed by atoms with Gasteiger partial charge in [-0.15, -0.1) is 5.10 Å². The maximum atomic E-state index is 12.2. The number of amides is 1. The summed E-state index contributed by atoms with van der Waals surface area (Å²) in [6, 6.07) is 5.23. The summed E-state index contributed by atoms with van der Waals surface area (Å²) in [5, 5.41) is 11.2. The number of carbonyl (C=O) groups excluding carboxylic acids is 1. The summed E-state index contributed by atoms with van der Waals surface area (Å²) in [4.78, 5) is 28.4. The number of carbonyl (C=O) groups is 1. The number of rotatable bonds is 7. The minimum atomic E-state index is -0.0979. The fourth-order valence-electron chi connectivity index (χ4n) is 2.92. The molecule has 1 saturated carbocycles. The average Bonchev–Trinajstić information content (AvgIpc) is 3.17. The lowest BCUT2D eigenvalue weighted by Gasteiger charge is -2.10. The molecule has 1 aliphatic rings. The van der Waals surface area contributed by atoms with E-state index in [1.165, 1.54) is 29.2 Å². The molecule has 1 fully saturated rings. The Kier molecular flexibility index (Phi) is 6.16. The molecule has 0 spiro atoms. The van der Waals surface area contributed by atoms with E-state index in [1.54, 1.807) is 24.7 Å². The second-order valence-corrected chi connectivity index (χ2v) is 7.02. The van der Waals surface area contributed by atoms with Crippen molar-refractivity contribution in [2.24, 2.45) is 0 Å². The first-order valence-electron chi connectivity index (χ1n) is 8.46. The van der Waals surface area contributed by atoms with Gasteiger partial charge in [-0.1, -0.05) is 24.6 Å². The van der Waals surface area contributed by atoms with Crippen molar-refractivity contribution in [3.05, 3.63) is 46.8 Å². The van der Waals surface area contributed by atoms with Crippen molar-refractivity contribution < 1.29 is 4.79 Å². The summed E-state index contributed by atoms with van der Waals surface area (Å²) in [7, 11) is 0. The van der Waals surface area contributed by atoms with Gasteiger partial charge in [0.1, 0.15) is 5.03 Å². The van der Waals surface area contributed by atoms with Crippen LogP contribution in [0.5, 0.6) is 0 Å². The van der Waals surface area contributed by atoms with Gasteiger partial charge in [0.15, 0.2) is 0 Å². The minimum absolute atomic E-state index is 0.0555. The van der Waals surface area contributed by atoms with Gasteiger partial charge >= 0.3 is 0 Å². The van der Waals surface area contributed by atoms with Crippen molar-refractivity contribution in [1.29, 1.82) is 0 Å². The second-order valence-electron chi connectivity index (χ2n) is 6.03. The van der Waals surface area contributed by atoms with Crippen LogP contribution in [-0.2, 0) is 11.3 Å². The molecule has 2 heterocycles. The van der Waals surface area contributed by atoms with Crippen LogP contribution < -0.4 is 10.9 Å². The van der Waals surface area contributed by atoms with Crippen molar-refractivity contribution in [1.82, 2.24) is 25.1 Å². The van der Waals surface area contributed by atoms with Gasteiger partial charge in [0, 0.05) is 31.3 Å². The molecule has 0 atom stereocenters. The lowest BCUT2D eigenvalue weighted by atomic mass is 10.0. The Morgan fingerprint density at radius 2 is 2.20 bits per heavy atom. The molecule has 0 radical (unpaired) electrons. The number of nitrogens with one attached hydrogen (secondary N) is 1. The van der Waals surface area contributed by atoms with Crippen LogP contribution in [0.25, 0.3) is 0 Å². The van der Waals surface area contributed by atoms with Gasteiger partial charge in [-0.05, 0) is 25.0 Å². The van der Waals surface area contributed by atoms with E-state index in [2.05, 4.69) is 20.5 Å². The first-order chi connectivity index (χ1) is 12.2. The molecule has 3 rings (SSSR count). The van der Waals surface area contributed by atoms with E-state index in [1.807, 2.05) is 6.07 Å². The van der Waals surface area contributed by atoms with E-state index >= 15 is 0 Å². The van der Waals surface area contributed by atoms with Crippen LogP contribution in [0, 0.1) is 0 Å². The zero-order valence-corrected chi connectivity index (χ0v) is 14.7. The van der Waals surface area contributed by atoms with Gasteiger partial charge in [0.25, 0.3) is 5.56 Å². The molecule has 25 heavy (non-hydrogen) atoms. The summed E-state index contributed by atoms with van der Waals surface area (Å²) in [6.45, 7) is 0.808. The average molecular weight is 359 g/mol. The van der Waals surface area contributed by atoms with Gasteiger partial charge in [-0.25, -0.2) is 4.98 Å². The molecule has 8 heteroatoms. The predicted molar refractivity (Wildman–Crippen MR) is 95.5 cm³/mol. The highest BCUT2D eigenvalue weighted by atomic mass is 32.2. The molecular weight excluding hydrogens is 338 g/mol. The summed E-state index contributed by atoms with van der Waals surface area (Å²) in [5.41, 5.74) is 0.850. The van der Waals surface area contributed by atoms with E-state index in [9.17, 15) is 9.59 Å². The third kappa shape index (κ3) is 5.12. The van der Waals surface area contributed by atoms with Crippen LogP contribution in [0.2, 0.25) is 0 Å². The van der Waals surface area contributed by atoms with Gasteiger partial charge in [0.05, 0.1) is 17.8 Å². The van der Waals surface area contributed by atoms with Crippen LogP contribution in [0.15, 0.2) is 40.5 Å². The highest BCUT2D eigenvalue weighted by molar-refractivity contribution is 7.99. The fourth-order valence-corrected chi connectivity index (χ4v) is 3.58. The SMILES string of the molecule is O=C(CSc1cccnn1)NCCn1cnc(C2CCCC2)cc1=O. The third-order valence-electron chi connectivity index (χ3n) is 4.25. The summed E-state index contributed by atoms with van der Waals surface area (Å²) >= 11 is 1.33. The largest absolute Gasteiger partial charge is 0.354 e. The van der Waals surface area contributed by atoms with E-state index in [-0.39, 0.29) is 17.2 Å². The lowest BCUT2D eigenvalue weighted by molar-refractivity contribution is -0.118. The van der Waals surface area contributed by atoms with Crippen LogP contribution in [0.1, 0.15) is 37.3 Å². The van der Waals surface area contributed by atoms with Crippen molar-refractivity contribution in [2.75, 3.05) is 12.3 Å². The van der Waals surface area contributed by atoms with Crippen LogP contribution in [-0.4, -0.2) is 38.0 Å². The first kappa shape index (κ1) is 17.6. The van der Waals surface area contributed by atoms with E-state index in [4.69, 9.17) is 0 Å². The molecule has 2 aromatic rings. The summed E-state index contributed by atoms with van der Waals surface area (Å²) < 4.78 is 1.54. The maximum Gasteiger partial charge on any atom is 0.253 e. The van der Waals surface area contributed by atoms with E-state index in [0.29, 0.717) is 24.0 Å². The normalized spacial score (nSPS) is 14.6. The predicted octanol–water partition coefficient (Wildman–Crippen LogP) is 1.60. The number of hydrogen-bond acceptors (Lipinski definition) is 6. The Hall–Kier alpha value is -2.22. The quantitative estimate of drug-likeness (QED) is 0.755. The summed E-state index contributed by atoms with van der Waals surface area (Å²) in [6.07, 6.45) is 7.86. The zero-order chi connectivity index (χ0) is 17.5. The number of nitrogens with zero attached hydrogens (tertiary/aromatic N) is 4. The molecule has 7 nitrogen and oxygen atoms in total. The van der Waals surface area contributed by atoms with E-state index < -0.39 is 0 Å². The Morgan fingerprint density at radius 3 is 2.92 bits per heavy atom. The Morgan fingerprint density at radius 1 is 1.36 bits per heavy atom. The molecule has 0 unspecified atom stereocenters. The van der Waals surface area contributed by atoms with E-state index in [0.717, 1.165) is 18.5 Å². The smallest absolute Gasteiger partial charge is 0.253 e. The molecule has 1 amide bonds. The number of hydrogen-bond donors (Lipinski definition) is 1. The highest BCUT2D eigenvalue weighted by Crippen LogP contribution is 2.32. The lowest BCUT2D eigenvalue weighted by Crippen LogP contribution is -2.32. The number of aromatic nitrogens is 4. The molecule has 1 N–H and O–H groups in total. The van der Waals surface area contributed by atoms with Gasteiger partial charge in [-0.3, -0.25) is 14.2 Å². The van der Waals surface area contributed by atoms with Gasteiger partial charge in [0.2, 0.25) is 5.91 Å². The van der Waals surface area contributed by atoms with Gasteiger partial charge in [-0.2, -0.15) is 5.10 Å². The zero-order valence-electron chi connectivity index (χ0n) is 13.9. The molecule has 0 bridgehead atoms. The maximum absolute atomic E-state index is 12.2. The van der Waals surface area contributed by atoms with Crippen LogP contribution in [0.4, 0.5) is 0 Å². The number of thioether (sulfide) groups is 1. The monoisotopic (exact) mass is 359 g/mol. The minimum Gasteiger partial charge on any atom is -0.354 e. The van der Waals surface area contributed by atoms with Crippen molar-refractivity contribution in [2.45, 2.75) is 43.2 Å². The molecular formula is C17H21N5O2S. The topological polar surface area (TPSA) is 89.8 Å². The third-order valence-corrected chi connectivity index (χ3v) is 5.17. The second kappa shape index (κ2) is 8.75. The van der Waals surface area contributed by atoms with Gasteiger partial charge < -0.3 is 5.32 Å². The molecule has 0 saturated heterocycles. The molecule has 0 aliphatic heterocycles. The highest BCUT2D eigenvalue weighted by Gasteiger charge is 2.18.